The number of hydrogen-bond donors (Lipinski definition) is 2. The number of fused-ring (bicyclic) bond motifs is 1. The van der Waals surface area contributed by atoms with Crippen molar-refractivity contribution in [1.82, 2.24) is 5.43 Å². The maximum atomic E-state index is 13.6. The van der Waals surface area contributed by atoms with Crippen LogP contribution in [0.4, 0.5) is 8.78 Å². The summed E-state index contributed by atoms with van der Waals surface area (Å²) in [6.07, 6.45) is 0. The van der Waals surface area contributed by atoms with Gasteiger partial charge >= 0.3 is 0 Å². The third-order valence-electron chi connectivity index (χ3n) is 3.24. The van der Waals surface area contributed by atoms with E-state index in [0.29, 0.717) is 22.3 Å². The van der Waals surface area contributed by atoms with Crippen LogP contribution in [0.2, 0.25) is 5.02 Å². The molecule has 3 aromatic rings. The van der Waals surface area contributed by atoms with Crippen molar-refractivity contribution in [2.75, 3.05) is 0 Å². The quantitative estimate of drug-likeness (QED) is 0.569. The van der Waals surface area contributed by atoms with Gasteiger partial charge in [0.25, 0.3) is 0 Å². The lowest BCUT2D eigenvalue weighted by Gasteiger charge is -2.15. The summed E-state index contributed by atoms with van der Waals surface area (Å²) in [4.78, 5) is 0. The summed E-state index contributed by atoms with van der Waals surface area (Å²) in [6, 6.07) is 9.61. The molecule has 21 heavy (non-hydrogen) atoms. The summed E-state index contributed by atoms with van der Waals surface area (Å²) in [7, 11) is 0. The number of hydrogen-bond acceptors (Lipinski definition) is 3. The third-order valence-corrected chi connectivity index (χ3v) is 3.64. The molecule has 1 unspecified atom stereocenters. The van der Waals surface area contributed by atoms with Gasteiger partial charge in [0.05, 0.1) is 5.02 Å². The lowest BCUT2D eigenvalue weighted by molar-refractivity contribution is 0.475. The van der Waals surface area contributed by atoms with Crippen LogP contribution >= 0.6 is 11.6 Å². The summed E-state index contributed by atoms with van der Waals surface area (Å²) in [6.45, 7) is 0. The number of nitrogens with one attached hydrogen (secondary N) is 1. The van der Waals surface area contributed by atoms with Gasteiger partial charge in [-0.1, -0.05) is 23.7 Å². The first-order chi connectivity index (χ1) is 10.1. The molecule has 0 radical (unpaired) electrons. The van der Waals surface area contributed by atoms with Gasteiger partial charge in [0.15, 0.2) is 0 Å². The highest BCUT2D eigenvalue weighted by molar-refractivity contribution is 6.31. The van der Waals surface area contributed by atoms with Crippen LogP contribution in [-0.4, -0.2) is 0 Å². The highest BCUT2D eigenvalue weighted by Crippen LogP contribution is 2.32. The first-order valence-corrected chi connectivity index (χ1v) is 6.57. The molecule has 0 saturated carbocycles. The molecule has 0 fully saturated rings. The molecule has 1 aromatic heterocycles. The molecule has 2 aromatic carbocycles. The molecule has 3 rings (SSSR count). The highest BCUT2D eigenvalue weighted by Gasteiger charge is 2.21. The zero-order valence-electron chi connectivity index (χ0n) is 10.7. The maximum Gasteiger partial charge on any atom is 0.142 e. The Morgan fingerprint density at radius 1 is 1.14 bits per heavy atom. The molecule has 1 atom stereocenters. The Hall–Kier alpha value is -1.95. The Bertz CT molecular complexity index is 803. The van der Waals surface area contributed by atoms with Crippen LogP contribution in [-0.2, 0) is 0 Å². The van der Waals surface area contributed by atoms with Gasteiger partial charge in [-0.25, -0.2) is 14.2 Å². The molecule has 0 bridgehead atoms. The van der Waals surface area contributed by atoms with Crippen LogP contribution in [0.25, 0.3) is 11.0 Å². The third kappa shape index (κ3) is 2.51. The SMILES string of the molecule is NNC(c1cc2cc(F)ccc2o1)c1cccc(F)c1Cl. The predicted molar refractivity (Wildman–Crippen MR) is 76.7 cm³/mol. The summed E-state index contributed by atoms with van der Waals surface area (Å²) in [5.41, 5.74) is 3.50. The van der Waals surface area contributed by atoms with Crippen LogP contribution in [0, 0.1) is 11.6 Å². The van der Waals surface area contributed by atoms with Crippen LogP contribution in [0.3, 0.4) is 0 Å². The molecule has 1 heterocycles. The Kier molecular flexibility index (Phi) is 3.63. The van der Waals surface area contributed by atoms with Crippen molar-refractivity contribution in [3.63, 3.8) is 0 Å². The van der Waals surface area contributed by atoms with Gasteiger partial charge < -0.3 is 4.42 Å². The van der Waals surface area contributed by atoms with Crippen molar-refractivity contribution in [1.29, 1.82) is 0 Å². The zero-order chi connectivity index (χ0) is 15.0. The van der Waals surface area contributed by atoms with E-state index in [0.717, 1.165) is 0 Å². The first kappa shape index (κ1) is 14.0. The van der Waals surface area contributed by atoms with Crippen LogP contribution in [0.5, 0.6) is 0 Å². The highest BCUT2D eigenvalue weighted by atomic mass is 35.5. The minimum absolute atomic E-state index is 0.0351. The number of furan rings is 1. The van der Waals surface area contributed by atoms with E-state index in [1.807, 2.05) is 0 Å². The van der Waals surface area contributed by atoms with Crippen molar-refractivity contribution in [3.8, 4) is 0 Å². The van der Waals surface area contributed by atoms with Crippen LogP contribution in [0.1, 0.15) is 17.4 Å². The molecule has 0 aliphatic carbocycles. The van der Waals surface area contributed by atoms with Gasteiger partial charge in [-0.3, -0.25) is 5.84 Å². The zero-order valence-corrected chi connectivity index (χ0v) is 11.5. The molecule has 3 N–H and O–H groups in total. The molecular weight excluding hydrogens is 298 g/mol. The molecule has 0 amide bonds. The van der Waals surface area contributed by atoms with Crippen LogP contribution < -0.4 is 11.3 Å². The van der Waals surface area contributed by atoms with E-state index in [1.54, 1.807) is 12.1 Å². The Morgan fingerprint density at radius 3 is 2.71 bits per heavy atom. The molecular formula is C15H11ClF2N2O. The van der Waals surface area contributed by atoms with E-state index in [9.17, 15) is 8.78 Å². The topological polar surface area (TPSA) is 51.2 Å². The van der Waals surface area contributed by atoms with E-state index in [4.69, 9.17) is 21.9 Å². The number of benzene rings is 2. The van der Waals surface area contributed by atoms with Crippen molar-refractivity contribution in [2.45, 2.75) is 6.04 Å². The van der Waals surface area contributed by atoms with Crippen molar-refractivity contribution < 1.29 is 13.2 Å². The lowest BCUT2D eigenvalue weighted by Crippen LogP contribution is -2.28. The second-order valence-corrected chi connectivity index (χ2v) is 4.95. The molecule has 108 valence electrons. The van der Waals surface area contributed by atoms with Gasteiger partial charge in [0, 0.05) is 5.39 Å². The van der Waals surface area contributed by atoms with E-state index in [-0.39, 0.29) is 10.8 Å². The molecule has 0 aliphatic rings. The van der Waals surface area contributed by atoms with Gasteiger partial charge in [-0.15, -0.1) is 0 Å². The fourth-order valence-electron chi connectivity index (χ4n) is 2.25. The second-order valence-electron chi connectivity index (χ2n) is 4.57. The average Bonchev–Trinajstić information content (AvgIpc) is 2.87. The van der Waals surface area contributed by atoms with Crippen molar-refractivity contribution in [2.24, 2.45) is 5.84 Å². The fraction of sp³-hybridized carbons (Fsp3) is 0.0667. The summed E-state index contributed by atoms with van der Waals surface area (Å²) in [5.74, 6) is 5.05. The van der Waals surface area contributed by atoms with Crippen molar-refractivity contribution in [3.05, 3.63) is 70.4 Å². The molecule has 6 heteroatoms. The normalized spacial score (nSPS) is 12.8. The minimum Gasteiger partial charge on any atom is -0.459 e. The van der Waals surface area contributed by atoms with E-state index >= 15 is 0 Å². The predicted octanol–water partition coefficient (Wildman–Crippen LogP) is 3.92. The van der Waals surface area contributed by atoms with E-state index in [1.165, 1.54) is 30.3 Å². The Balaban J connectivity index is 2.11. The van der Waals surface area contributed by atoms with Crippen molar-refractivity contribution >= 4 is 22.6 Å². The van der Waals surface area contributed by atoms with Gasteiger partial charge in [0.1, 0.15) is 29.0 Å². The Morgan fingerprint density at radius 2 is 1.95 bits per heavy atom. The van der Waals surface area contributed by atoms with E-state index in [2.05, 4.69) is 5.43 Å². The minimum atomic E-state index is -0.635. The monoisotopic (exact) mass is 308 g/mol. The molecule has 3 nitrogen and oxygen atoms in total. The van der Waals surface area contributed by atoms with Gasteiger partial charge in [-0.05, 0) is 35.9 Å². The largest absolute Gasteiger partial charge is 0.459 e. The van der Waals surface area contributed by atoms with Gasteiger partial charge in [-0.2, -0.15) is 0 Å². The smallest absolute Gasteiger partial charge is 0.142 e. The Labute approximate surface area is 124 Å². The summed E-state index contributed by atoms with van der Waals surface area (Å²) < 4.78 is 32.4. The number of nitrogens with two attached hydrogens (primary N) is 1. The fourth-order valence-corrected chi connectivity index (χ4v) is 2.48. The second kappa shape index (κ2) is 5.44. The summed E-state index contributed by atoms with van der Waals surface area (Å²) in [5, 5.41) is 0.560. The van der Waals surface area contributed by atoms with Crippen LogP contribution in [0.15, 0.2) is 46.9 Å². The number of hydrazine groups is 1. The molecule has 0 aliphatic heterocycles. The molecule has 0 saturated heterocycles. The number of rotatable bonds is 3. The first-order valence-electron chi connectivity index (χ1n) is 6.19. The molecule has 0 spiro atoms. The standard InChI is InChI=1S/C15H11ClF2N2O/c16-14-10(2-1-3-11(14)18)15(20-19)13-7-8-6-9(17)4-5-12(8)21-13/h1-7,15,20H,19H2. The summed E-state index contributed by atoms with van der Waals surface area (Å²) >= 11 is 5.97. The van der Waals surface area contributed by atoms with E-state index < -0.39 is 11.9 Å². The number of halogens is 3. The lowest BCUT2D eigenvalue weighted by atomic mass is 10.0. The maximum absolute atomic E-state index is 13.6. The average molecular weight is 309 g/mol. The van der Waals surface area contributed by atoms with Gasteiger partial charge in [0.2, 0.25) is 0 Å².